The Morgan fingerprint density at radius 1 is 0.548 bits per heavy atom. The van der Waals surface area contributed by atoms with E-state index in [2.05, 4.69) is 85.2 Å². The fraction of sp³-hybridized carbons (Fsp3) is 0.380. The minimum atomic E-state index is -0.256. The van der Waals surface area contributed by atoms with Crippen LogP contribution in [0.25, 0.3) is 0 Å². The zero-order chi connectivity index (χ0) is 59.1. The van der Waals surface area contributed by atoms with Crippen LogP contribution in [0.1, 0.15) is 143 Å². The molecule has 0 unspecified atom stereocenters. The molecule has 2 N–H and O–H groups in total. The Labute approximate surface area is 510 Å². The van der Waals surface area contributed by atoms with Gasteiger partial charge >= 0.3 is 5.97 Å². The van der Waals surface area contributed by atoms with Crippen LogP contribution in [0.4, 0.5) is 0 Å². The van der Waals surface area contributed by atoms with E-state index in [9.17, 15) is 19.8 Å². The first kappa shape index (κ1) is 59.4. The van der Waals surface area contributed by atoms with Gasteiger partial charge in [0.15, 0.2) is 0 Å². The predicted octanol–water partition coefficient (Wildman–Crippen LogP) is 14.0. The van der Waals surface area contributed by atoms with Gasteiger partial charge in [0.1, 0.15) is 17.2 Å². The summed E-state index contributed by atoms with van der Waals surface area (Å²) < 4.78 is 10.8. The average Bonchev–Trinajstić information content (AvgIpc) is 2.68. The number of aromatic hydroxyl groups is 2. The van der Waals surface area contributed by atoms with Gasteiger partial charge in [-0.2, -0.15) is 0 Å². The van der Waals surface area contributed by atoms with Gasteiger partial charge in [-0.05, 0) is 219 Å². The number of methoxy groups -OCH3 is 1. The van der Waals surface area contributed by atoms with E-state index in [1.165, 1.54) is 57.3 Å². The molecule has 0 saturated carbocycles. The topological polar surface area (TPSA) is 106 Å². The Kier molecular flexibility index (Phi) is 17.9. The summed E-state index contributed by atoms with van der Waals surface area (Å²) in [6.45, 7) is 7.98. The number of phenols is 2. The van der Waals surface area contributed by atoms with Crippen molar-refractivity contribution < 1.29 is 29.3 Å². The standard InChI is InChI=1S/C28H29ClN2O2.C22H24ClNO3.C21H24ClNO/c1-30-14-13-19-15-24(29)26(32)16-23(19)27-21-9-6-10-22(20(21)11-12-25(27)30)28(33)31(2)17-18-7-4-3-5-8-18;1-3-27-22(26)16-6-4-5-15-14(16)7-8-19-21(15)17-12-20(25)18(23)11-13(17)9-10-24(19)2;1-13-5-4-6-16-15(13)7-8-19-21(16)17-12-20(24-3)18(22)11-14(17)9-10-23(19)2/h3-10,15-16,25,27,32H,11-14,17H2,1-2H3;4-6,11-12,19,21,25H,3,7-10H2,1-2H3;4-6,11-12,19,21H,7-10H2,1-3H3/t25-,27+;2*19-,21+/m000/s1. The van der Waals surface area contributed by atoms with Crippen LogP contribution in [0, 0.1) is 6.92 Å². The van der Waals surface area contributed by atoms with Crippen LogP contribution >= 0.6 is 34.8 Å². The molecule has 0 spiro atoms. The fourth-order valence-electron chi connectivity index (χ4n) is 14.9. The zero-order valence-electron chi connectivity index (χ0n) is 49.4. The quantitative estimate of drug-likeness (QED) is 0.158. The lowest BCUT2D eigenvalue weighted by Gasteiger charge is -2.39. The number of esters is 1. The van der Waals surface area contributed by atoms with Crippen molar-refractivity contribution in [3.63, 3.8) is 0 Å². The van der Waals surface area contributed by atoms with Crippen molar-refractivity contribution in [3.8, 4) is 17.2 Å². The predicted molar refractivity (Wildman–Crippen MR) is 337 cm³/mol. The van der Waals surface area contributed by atoms with Crippen molar-refractivity contribution in [3.05, 3.63) is 225 Å². The molecule has 6 atom stereocenters. The van der Waals surface area contributed by atoms with Gasteiger partial charge in [-0.25, -0.2) is 4.79 Å². The van der Waals surface area contributed by atoms with Crippen molar-refractivity contribution in [2.24, 2.45) is 0 Å². The van der Waals surface area contributed by atoms with Crippen LogP contribution in [-0.2, 0) is 49.8 Å². The second kappa shape index (κ2) is 25.3. The van der Waals surface area contributed by atoms with Gasteiger partial charge in [0.2, 0.25) is 0 Å². The summed E-state index contributed by atoms with van der Waals surface area (Å²) in [5, 5.41) is 22.2. The SMILES string of the molecule is CCOC(=O)c1cccc2c1CC[C@H]1[C@H]2c2cc(O)c(Cl)cc2CCN1C.CN(Cc1ccccc1)C(=O)c1cccc2c1CC[C@H]1[C@H]2c2cc(O)c(Cl)cc2CCN1C.COc1cc2c(cc1Cl)CCN(C)[C@H]1CCc3c(C)cccc3[C@H]21. The first-order valence-corrected chi connectivity index (χ1v) is 31.0. The summed E-state index contributed by atoms with van der Waals surface area (Å²) in [7, 11) is 10.2. The van der Waals surface area contributed by atoms with Crippen molar-refractivity contribution in [1.82, 2.24) is 19.6 Å². The third-order valence-corrected chi connectivity index (χ3v) is 20.1. The molecule has 0 radical (unpaired) electrons. The molecule has 3 aliphatic heterocycles. The lowest BCUT2D eigenvalue weighted by atomic mass is 9.73. The first-order valence-electron chi connectivity index (χ1n) is 29.8. The third-order valence-electron chi connectivity index (χ3n) is 19.2. The van der Waals surface area contributed by atoms with Gasteiger partial charge in [-0.3, -0.25) is 4.79 Å². The molecule has 10 nitrogen and oxygen atoms in total. The molecule has 6 aliphatic rings. The summed E-state index contributed by atoms with van der Waals surface area (Å²) in [5.41, 5.74) is 19.0. The van der Waals surface area contributed by atoms with E-state index in [4.69, 9.17) is 44.3 Å². The zero-order valence-corrected chi connectivity index (χ0v) is 51.6. The Balaban J connectivity index is 0.000000133. The highest BCUT2D eigenvalue weighted by molar-refractivity contribution is 6.32. The van der Waals surface area contributed by atoms with Gasteiger partial charge in [-0.1, -0.05) is 108 Å². The highest BCUT2D eigenvalue weighted by atomic mass is 35.5. The van der Waals surface area contributed by atoms with E-state index >= 15 is 0 Å². The lowest BCUT2D eigenvalue weighted by molar-refractivity contribution is 0.0523. The number of nitrogens with zero attached hydrogens (tertiary/aromatic N) is 4. The number of halogens is 3. The summed E-state index contributed by atoms with van der Waals surface area (Å²) in [5.74, 6) is 1.44. The molecule has 3 heterocycles. The molecule has 7 aromatic carbocycles. The second-order valence-corrected chi connectivity index (χ2v) is 25.1. The number of likely N-dealkylation sites (N-methyl/N-ethyl adjacent to an activating group) is 3. The minimum absolute atomic E-state index is 0.0512. The van der Waals surface area contributed by atoms with Crippen molar-refractivity contribution in [2.75, 3.05) is 61.5 Å². The molecule has 0 bridgehead atoms. The molecule has 84 heavy (non-hydrogen) atoms. The molecule has 0 aromatic heterocycles. The van der Waals surface area contributed by atoms with Gasteiger partial charge in [0, 0.05) is 74.7 Å². The Morgan fingerprint density at radius 3 is 1.49 bits per heavy atom. The maximum absolute atomic E-state index is 13.5. The van der Waals surface area contributed by atoms with Crippen LogP contribution in [0.15, 0.2) is 121 Å². The second-order valence-electron chi connectivity index (χ2n) is 23.9. The molecule has 1 amide bonds. The van der Waals surface area contributed by atoms with Crippen molar-refractivity contribution >= 4 is 46.7 Å². The Bertz CT molecular complexity index is 3610. The first-order chi connectivity index (χ1) is 40.5. The lowest BCUT2D eigenvalue weighted by Crippen LogP contribution is -2.40. The molecule has 3 aliphatic carbocycles. The smallest absolute Gasteiger partial charge is 0.338 e. The number of hydrogen-bond acceptors (Lipinski definition) is 9. The summed E-state index contributed by atoms with van der Waals surface area (Å²) >= 11 is 18.9. The highest BCUT2D eigenvalue weighted by Crippen LogP contribution is 2.49. The molecular weight excluding hydrogens is 1110 g/mol. The molecule has 0 saturated heterocycles. The third kappa shape index (κ3) is 11.6. The maximum Gasteiger partial charge on any atom is 0.338 e. The molecule has 0 fully saturated rings. The van der Waals surface area contributed by atoms with Gasteiger partial charge in [0.05, 0.1) is 34.3 Å². The van der Waals surface area contributed by atoms with Gasteiger partial charge in [0.25, 0.3) is 5.91 Å². The number of rotatable bonds is 6. The highest BCUT2D eigenvalue weighted by Gasteiger charge is 2.41. The van der Waals surface area contributed by atoms with E-state index in [0.29, 0.717) is 52.8 Å². The van der Waals surface area contributed by atoms with Gasteiger partial charge < -0.3 is 39.3 Å². The van der Waals surface area contributed by atoms with Crippen LogP contribution in [0.3, 0.4) is 0 Å². The number of phenolic OH excluding ortho intramolecular Hbond substituents is 2. The number of amides is 1. The summed E-state index contributed by atoms with van der Waals surface area (Å²) in [4.78, 5) is 35.1. The number of ether oxygens (including phenoxy) is 2. The molecule has 13 rings (SSSR count). The van der Waals surface area contributed by atoms with Crippen LogP contribution in [0.2, 0.25) is 15.1 Å². The average molecular weight is 1190 g/mol. The van der Waals surface area contributed by atoms with Crippen LogP contribution in [0.5, 0.6) is 17.2 Å². The summed E-state index contributed by atoms with van der Waals surface area (Å²) in [6, 6.07) is 41.9. The molecular formula is C71H77Cl3N4O6. The molecule has 13 heteroatoms. The van der Waals surface area contributed by atoms with E-state index in [-0.39, 0.29) is 35.2 Å². The molecule has 438 valence electrons. The van der Waals surface area contributed by atoms with E-state index in [1.54, 1.807) is 12.0 Å². The number of carbonyl (C=O) groups excluding carboxylic acids is 2. The number of hydrogen-bond donors (Lipinski definition) is 2. The van der Waals surface area contributed by atoms with Crippen molar-refractivity contribution in [1.29, 1.82) is 0 Å². The number of carbonyl (C=O) groups is 2. The normalized spacial score (nSPS) is 21.3. The summed E-state index contributed by atoms with van der Waals surface area (Å²) in [6.07, 6.45) is 8.89. The Hall–Kier alpha value is -6.37. The Morgan fingerprint density at radius 2 is 0.988 bits per heavy atom. The largest absolute Gasteiger partial charge is 0.506 e. The van der Waals surface area contributed by atoms with E-state index < -0.39 is 0 Å². The van der Waals surface area contributed by atoms with E-state index in [0.717, 1.165) is 114 Å². The van der Waals surface area contributed by atoms with E-state index in [1.807, 2.05) is 92.8 Å². The van der Waals surface area contributed by atoms with Gasteiger partial charge in [-0.15, -0.1) is 0 Å². The van der Waals surface area contributed by atoms with Crippen LogP contribution < -0.4 is 4.74 Å². The van der Waals surface area contributed by atoms with Crippen LogP contribution in [-0.4, -0.2) is 121 Å². The monoisotopic (exact) mass is 1190 g/mol. The maximum atomic E-state index is 13.5. The molecule has 7 aromatic rings. The number of fused-ring (bicyclic) bond motifs is 15. The fourth-order valence-corrected chi connectivity index (χ4v) is 15.5. The number of benzene rings is 7. The minimum Gasteiger partial charge on any atom is -0.506 e. The number of aryl methyl sites for hydroxylation is 1. The van der Waals surface area contributed by atoms with Crippen molar-refractivity contribution in [2.45, 2.75) is 114 Å².